The van der Waals surface area contributed by atoms with E-state index in [1.54, 1.807) is 6.20 Å². The van der Waals surface area contributed by atoms with Crippen LogP contribution in [-0.4, -0.2) is 11.5 Å². The highest BCUT2D eigenvalue weighted by atomic mass is 79.9. The van der Waals surface area contributed by atoms with Crippen LogP contribution in [0.5, 0.6) is 0 Å². The summed E-state index contributed by atoms with van der Waals surface area (Å²) in [7, 11) is 0. The van der Waals surface area contributed by atoms with Crippen molar-refractivity contribution >= 4 is 27.3 Å². The lowest BCUT2D eigenvalue weighted by molar-refractivity contribution is 0.645. The van der Waals surface area contributed by atoms with Crippen LogP contribution in [0.1, 0.15) is 11.1 Å². The third kappa shape index (κ3) is 2.40. The predicted molar refractivity (Wildman–Crippen MR) is 77.1 cm³/mol. The van der Waals surface area contributed by atoms with E-state index in [1.165, 1.54) is 16.8 Å². The molecule has 4 heteroatoms. The second-order valence-corrected chi connectivity index (χ2v) is 5.30. The number of hydrogen-bond acceptors (Lipinski definition) is 3. The van der Waals surface area contributed by atoms with Crippen molar-refractivity contribution in [3.05, 3.63) is 52.3 Å². The van der Waals surface area contributed by atoms with Crippen molar-refractivity contribution in [3.8, 4) is 0 Å². The number of nitrogens with zero attached hydrogens (tertiary/aromatic N) is 1. The lowest BCUT2D eigenvalue weighted by Crippen LogP contribution is -2.24. The fraction of sp³-hybridized carbons (Fsp3) is 0.214. The summed E-state index contributed by atoms with van der Waals surface area (Å²) >= 11 is 3.44. The molecule has 1 aliphatic rings. The first-order valence-corrected chi connectivity index (χ1v) is 6.81. The van der Waals surface area contributed by atoms with Crippen molar-refractivity contribution in [2.24, 2.45) is 0 Å². The average Bonchev–Trinajstić information content (AvgIpc) is 2.39. The van der Waals surface area contributed by atoms with E-state index in [0.717, 1.165) is 29.7 Å². The Morgan fingerprint density at radius 3 is 3.11 bits per heavy atom. The molecule has 0 radical (unpaired) electrons. The van der Waals surface area contributed by atoms with Crippen molar-refractivity contribution in [1.82, 2.24) is 10.3 Å². The Bertz CT molecular complexity index is 569. The third-order valence-electron chi connectivity index (χ3n) is 3.12. The summed E-state index contributed by atoms with van der Waals surface area (Å²) in [5.74, 6) is 0. The molecular formula is C14H14BrN3. The van der Waals surface area contributed by atoms with Crippen LogP contribution in [0.25, 0.3) is 0 Å². The van der Waals surface area contributed by atoms with Gasteiger partial charge in [-0.3, -0.25) is 4.98 Å². The molecule has 0 aliphatic carbocycles. The minimum absolute atomic E-state index is 0.960. The summed E-state index contributed by atoms with van der Waals surface area (Å²) in [4.78, 5) is 4.17. The van der Waals surface area contributed by atoms with Crippen molar-refractivity contribution in [3.63, 3.8) is 0 Å². The molecule has 0 unspecified atom stereocenters. The molecule has 0 bridgehead atoms. The topological polar surface area (TPSA) is 37.0 Å². The molecule has 0 atom stereocenters. The van der Waals surface area contributed by atoms with E-state index in [1.807, 2.05) is 12.3 Å². The van der Waals surface area contributed by atoms with E-state index in [-0.39, 0.29) is 0 Å². The van der Waals surface area contributed by atoms with E-state index >= 15 is 0 Å². The highest BCUT2D eigenvalue weighted by molar-refractivity contribution is 9.10. The fourth-order valence-corrected chi connectivity index (χ4v) is 2.65. The van der Waals surface area contributed by atoms with Gasteiger partial charge in [-0.2, -0.15) is 0 Å². The number of rotatable bonds is 2. The maximum Gasteiger partial charge on any atom is 0.0582 e. The van der Waals surface area contributed by atoms with Gasteiger partial charge in [0, 0.05) is 22.9 Å². The lowest BCUT2D eigenvalue weighted by Gasteiger charge is -2.21. The van der Waals surface area contributed by atoms with E-state index in [0.29, 0.717) is 0 Å². The van der Waals surface area contributed by atoms with Gasteiger partial charge in [0.1, 0.15) is 0 Å². The number of aromatic nitrogens is 1. The van der Waals surface area contributed by atoms with Crippen molar-refractivity contribution in [1.29, 1.82) is 0 Å². The largest absolute Gasteiger partial charge is 0.354 e. The summed E-state index contributed by atoms with van der Waals surface area (Å²) in [6, 6.07) is 8.45. The Labute approximate surface area is 115 Å². The van der Waals surface area contributed by atoms with Crippen molar-refractivity contribution in [2.45, 2.75) is 13.0 Å². The summed E-state index contributed by atoms with van der Waals surface area (Å²) in [6.07, 6.45) is 4.70. The SMILES string of the molecule is Brc1cncc(Nc2cccc3c2CCNC3)c1. The first-order chi connectivity index (χ1) is 8.83. The van der Waals surface area contributed by atoms with Crippen LogP contribution in [0.2, 0.25) is 0 Å². The molecule has 3 rings (SSSR count). The molecule has 0 fully saturated rings. The molecule has 0 saturated carbocycles. The fourth-order valence-electron chi connectivity index (χ4n) is 2.28. The molecule has 18 heavy (non-hydrogen) atoms. The van der Waals surface area contributed by atoms with E-state index in [9.17, 15) is 0 Å². The summed E-state index contributed by atoms with van der Waals surface area (Å²) in [6.45, 7) is 2.00. The zero-order valence-electron chi connectivity index (χ0n) is 9.91. The molecule has 2 heterocycles. The molecule has 2 N–H and O–H groups in total. The molecule has 0 saturated heterocycles. The third-order valence-corrected chi connectivity index (χ3v) is 3.56. The van der Waals surface area contributed by atoms with Crippen LogP contribution < -0.4 is 10.6 Å². The number of pyridine rings is 1. The zero-order valence-corrected chi connectivity index (χ0v) is 11.5. The predicted octanol–water partition coefficient (Wildman–Crippen LogP) is 3.23. The van der Waals surface area contributed by atoms with E-state index in [2.05, 4.69) is 49.7 Å². The van der Waals surface area contributed by atoms with Gasteiger partial charge in [0.15, 0.2) is 0 Å². The molecule has 0 amide bonds. The average molecular weight is 304 g/mol. The zero-order chi connectivity index (χ0) is 12.4. The van der Waals surface area contributed by atoms with Crippen LogP contribution >= 0.6 is 15.9 Å². The monoisotopic (exact) mass is 303 g/mol. The quantitative estimate of drug-likeness (QED) is 0.894. The Morgan fingerprint density at radius 1 is 1.28 bits per heavy atom. The lowest BCUT2D eigenvalue weighted by atomic mass is 9.99. The molecule has 1 aromatic carbocycles. The minimum atomic E-state index is 0.960. The maximum atomic E-state index is 4.17. The van der Waals surface area contributed by atoms with Crippen molar-refractivity contribution in [2.75, 3.05) is 11.9 Å². The standard InChI is InChI=1S/C14H14BrN3/c15-11-6-12(9-17-8-11)18-14-3-1-2-10-7-16-5-4-13(10)14/h1-3,6,8-9,16,18H,4-5,7H2. The van der Waals surface area contributed by atoms with Gasteiger partial charge in [0.25, 0.3) is 0 Å². The number of nitrogens with one attached hydrogen (secondary N) is 2. The molecule has 1 aromatic heterocycles. The number of hydrogen-bond donors (Lipinski definition) is 2. The Hall–Kier alpha value is -1.39. The van der Waals surface area contributed by atoms with Gasteiger partial charge in [-0.05, 0) is 52.2 Å². The van der Waals surface area contributed by atoms with Crippen LogP contribution in [-0.2, 0) is 13.0 Å². The van der Waals surface area contributed by atoms with Gasteiger partial charge < -0.3 is 10.6 Å². The van der Waals surface area contributed by atoms with Gasteiger partial charge in [-0.1, -0.05) is 12.1 Å². The molecule has 1 aliphatic heterocycles. The summed E-state index contributed by atoms with van der Waals surface area (Å²) in [5.41, 5.74) is 5.00. The number of fused-ring (bicyclic) bond motifs is 1. The van der Waals surface area contributed by atoms with Gasteiger partial charge in [0.05, 0.1) is 11.9 Å². The van der Waals surface area contributed by atoms with E-state index < -0.39 is 0 Å². The summed E-state index contributed by atoms with van der Waals surface area (Å²) in [5, 5.41) is 6.85. The second-order valence-electron chi connectivity index (χ2n) is 4.39. The maximum absolute atomic E-state index is 4.17. The van der Waals surface area contributed by atoms with Gasteiger partial charge >= 0.3 is 0 Å². The first kappa shape index (κ1) is 11.7. The number of halogens is 1. The van der Waals surface area contributed by atoms with E-state index in [4.69, 9.17) is 0 Å². The molecule has 3 nitrogen and oxygen atoms in total. The Kier molecular flexibility index (Phi) is 3.30. The van der Waals surface area contributed by atoms with Gasteiger partial charge in [-0.15, -0.1) is 0 Å². The van der Waals surface area contributed by atoms with Gasteiger partial charge in [-0.25, -0.2) is 0 Å². The second kappa shape index (κ2) is 5.08. The highest BCUT2D eigenvalue weighted by Crippen LogP contribution is 2.26. The van der Waals surface area contributed by atoms with Crippen LogP contribution in [0.4, 0.5) is 11.4 Å². The smallest absolute Gasteiger partial charge is 0.0582 e. The number of anilines is 2. The Balaban J connectivity index is 1.93. The molecule has 92 valence electrons. The van der Waals surface area contributed by atoms with Crippen LogP contribution in [0, 0.1) is 0 Å². The number of benzene rings is 1. The normalized spacial score (nSPS) is 14.1. The summed E-state index contributed by atoms with van der Waals surface area (Å²) < 4.78 is 0.985. The van der Waals surface area contributed by atoms with Gasteiger partial charge in [0.2, 0.25) is 0 Å². The van der Waals surface area contributed by atoms with Crippen LogP contribution in [0.3, 0.4) is 0 Å². The Morgan fingerprint density at radius 2 is 2.22 bits per heavy atom. The van der Waals surface area contributed by atoms with Crippen LogP contribution in [0.15, 0.2) is 41.1 Å². The van der Waals surface area contributed by atoms with Crippen molar-refractivity contribution < 1.29 is 0 Å². The first-order valence-electron chi connectivity index (χ1n) is 6.02. The molecule has 2 aromatic rings. The molecule has 0 spiro atoms. The highest BCUT2D eigenvalue weighted by Gasteiger charge is 2.12. The minimum Gasteiger partial charge on any atom is -0.354 e. The molecular weight excluding hydrogens is 290 g/mol.